The van der Waals surface area contributed by atoms with Gasteiger partial charge in [0, 0.05) is 35.9 Å². The Morgan fingerprint density at radius 2 is 2.09 bits per heavy atom. The van der Waals surface area contributed by atoms with Gasteiger partial charge in [-0.2, -0.15) is 0 Å². The first-order valence-corrected chi connectivity index (χ1v) is 6.83. The Morgan fingerprint density at radius 3 is 2.82 bits per heavy atom. The molecule has 6 nitrogen and oxygen atoms in total. The molecule has 22 heavy (non-hydrogen) atoms. The summed E-state index contributed by atoms with van der Waals surface area (Å²) in [7, 11) is 3.04. The molecule has 1 aliphatic heterocycles. The third-order valence-electron chi connectivity index (χ3n) is 3.76. The van der Waals surface area contributed by atoms with Crippen LogP contribution >= 0.6 is 0 Å². The van der Waals surface area contributed by atoms with Crippen LogP contribution in [0.2, 0.25) is 0 Å². The maximum atomic E-state index is 12.0. The molecule has 2 aromatic rings. The number of nitrogens with zero attached hydrogens (tertiary/aromatic N) is 1. The van der Waals surface area contributed by atoms with E-state index in [-0.39, 0.29) is 24.0 Å². The molecule has 1 aromatic heterocycles. The van der Waals surface area contributed by atoms with Crippen molar-refractivity contribution in [3.05, 3.63) is 41.6 Å². The molecule has 0 unspecified atom stereocenters. The highest BCUT2D eigenvalue weighted by atomic mass is 16.5. The first kappa shape index (κ1) is 14.2. The highest BCUT2D eigenvalue weighted by molar-refractivity contribution is 5.96. The fourth-order valence-electron chi connectivity index (χ4n) is 2.76. The van der Waals surface area contributed by atoms with Crippen LogP contribution in [0.1, 0.15) is 23.5 Å². The van der Waals surface area contributed by atoms with Crippen molar-refractivity contribution in [3.8, 4) is 17.4 Å². The monoisotopic (exact) mass is 300 g/mol. The minimum atomic E-state index is -0.207. The van der Waals surface area contributed by atoms with Gasteiger partial charge in [-0.3, -0.25) is 4.79 Å². The number of ether oxygens (including phenoxy) is 2. The highest BCUT2D eigenvalue weighted by Crippen LogP contribution is 2.44. The Kier molecular flexibility index (Phi) is 3.58. The molecular weight excluding hydrogens is 284 g/mol. The Morgan fingerprint density at radius 1 is 1.27 bits per heavy atom. The number of hydrogen-bond donors (Lipinski definition) is 2. The summed E-state index contributed by atoms with van der Waals surface area (Å²) in [5, 5.41) is 12.7. The molecule has 2 heterocycles. The molecule has 0 spiro atoms. The van der Waals surface area contributed by atoms with Gasteiger partial charge >= 0.3 is 0 Å². The van der Waals surface area contributed by atoms with Crippen molar-refractivity contribution in [1.29, 1.82) is 0 Å². The van der Waals surface area contributed by atoms with Crippen LogP contribution in [0.4, 0.5) is 5.69 Å². The molecule has 0 saturated heterocycles. The number of fused-ring (bicyclic) bond motifs is 1. The SMILES string of the molecule is COc1cc2c(cc1O)NC(=O)C[C@@H]2c1cccnc1OC. The molecule has 1 atom stereocenters. The van der Waals surface area contributed by atoms with Gasteiger partial charge in [0.15, 0.2) is 11.5 Å². The summed E-state index contributed by atoms with van der Waals surface area (Å²) in [4.78, 5) is 16.2. The number of aromatic nitrogens is 1. The second-order valence-electron chi connectivity index (χ2n) is 5.02. The molecular formula is C16H16N2O4. The summed E-state index contributed by atoms with van der Waals surface area (Å²) in [5.74, 6) is 0.512. The quantitative estimate of drug-likeness (QED) is 0.909. The van der Waals surface area contributed by atoms with Crippen molar-refractivity contribution in [2.45, 2.75) is 12.3 Å². The van der Waals surface area contributed by atoms with Crippen LogP contribution < -0.4 is 14.8 Å². The lowest BCUT2D eigenvalue weighted by atomic mass is 9.85. The van der Waals surface area contributed by atoms with Gasteiger partial charge in [-0.15, -0.1) is 0 Å². The number of anilines is 1. The van der Waals surface area contributed by atoms with E-state index in [4.69, 9.17) is 9.47 Å². The van der Waals surface area contributed by atoms with Crippen LogP contribution in [-0.4, -0.2) is 30.2 Å². The van der Waals surface area contributed by atoms with Crippen molar-refractivity contribution in [3.63, 3.8) is 0 Å². The number of carbonyl (C=O) groups is 1. The number of aromatic hydroxyl groups is 1. The van der Waals surface area contributed by atoms with E-state index < -0.39 is 0 Å². The summed E-state index contributed by atoms with van der Waals surface area (Å²) < 4.78 is 10.5. The van der Waals surface area contributed by atoms with Crippen LogP contribution in [0.3, 0.4) is 0 Å². The van der Waals surface area contributed by atoms with Crippen LogP contribution in [-0.2, 0) is 4.79 Å². The largest absolute Gasteiger partial charge is 0.504 e. The molecule has 2 N–H and O–H groups in total. The number of methoxy groups -OCH3 is 2. The number of phenols is 1. The molecule has 3 rings (SSSR count). The third-order valence-corrected chi connectivity index (χ3v) is 3.76. The normalized spacial score (nSPS) is 16.6. The number of carbonyl (C=O) groups excluding carboxylic acids is 1. The Hall–Kier alpha value is -2.76. The lowest BCUT2D eigenvalue weighted by Crippen LogP contribution is -2.24. The van der Waals surface area contributed by atoms with Gasteiger partial charge in [0.1, 0.15) is 0 Å². The second kappa shape index (κ2) is 5.55. The van der Waals surface area contributed by atoms with Crippen molar-refractivity contribution in [2.75, 3.05) is 19.5 Å². The zero-order chi connectivity index (χ0) is 15.7. The van der Waals surface area contributed by atoms with Crippen molar-refractivity contribution < 1.29 is 19.4 Å². The molecule has 6 heteroatoms. The number of phenolic OH excluding ortho intramolecular Hbond substituents is 1. The van der Waals surface area contributed by atoms with E-state index in [1.807, 2.05) is 12.1 Å². The fraction of sp³-hybridized carbons (Fsp3) is 0.250. The molecule has 0 bridgehead atoms. The number of benzene rings is 1. The van der Waals surface area contributed by atoms with Gasteiger partial charge in [0.2, 0.25) is 11.8 Å². The van der Waals surface area contributed by atoms with Crippen molar-refractivity contribution in [1.82, 2.24) is 4.98 Å². The van der Waals surface area contributed by atoms with E-state index in [1.54, 1.807) is 19.4 Å². The second-order valence-corrected chi connectivity index (χ2v) is 5.02. The summed E-state index contributed by atoms with van der Waals surface area (Å²) >= 11 is 0. The topological polar surface area (TPSA) is 80.7 Å². The van der Waals surface area contributed by atoms with Gasteiger partial charge in [0.25, 0.3) is 0 Å². The zero-order valence-electron chi connectivity index (χ0n) is 12.3. The highest BCUT2D eigenvalue weighted by Gasteiger charge is 2.30. The van der Waals surface area contributed by atoms with Gasteiger partial charge < -0.3 is 19.9 Å². The zero-order valence-corrected chi connectivity index (χ0v) is 12.3. The predicted octanol–water partition coefficient (Wildman–Crippen LogP) is 2.28. The van der Waals surface area contributed by atoms with E-state index in [2.05, 4.69) is 10.3 Å². The van der Waals surface area contributed by atoms with Crippen molar-refractivity contribution >= 4 is 11.6 Å². The third kappa shape index (κ3) is 2.32. The first-order chi connectivity index (χ1) is 10.6. The maximum absolute atomic E-state index is 12.0. The lowest BCUT2D eigenvalue weighted by molar-refractivity contribution is -0.116. The summed E-state index contributed by atoms with van der Waals surface area (Å²) in [5.41, 5.74) is 2.26. The smallest absolute Gasteiger partial charge is 0.225 e. The number of pyridine rings is 1. The number of rotatable bonds is 3. The predicted molar refractivity (Wildman–Crippen MR) is 80.5 cm³/mol. The van der Waals surface area contributed by atoms with E-state index in [9.17, 15) is 9.90 Å². The van der Waals surface area contributed by atoms with Crippen molar-refractivity contribution in [2.24, 2.45) is 0 Å². The lowest BCUT2D eigenvalue weighted by Gasteiger charge is -2.27. The van der Waals surface area contributed by atoms with E-state index in [1.165, 1.54) is 13.2 Å². The summed E-state index contributed by atoms with van der Waals surface area (Å²) in [6.45, 7) is 0. The minimum absolute atomic E-state index is 0.0136. The van der Waals surface area contributed by atoms with Gasteiger partial charge in [-0.25, -0.2) is 4.98 Å². The van der Waals surface area contributed by atoms with Gasteiger partial charge in [-0.05, 0) is 17.7 Å². The minimum Gasteiger partial charge on any atom is -0.504 e. The molecule has 0 aliphatic carbocycles. The molecule has 1 amide bonds. The van der Waals surface area contributed by atoms with Crippen LogP contribution in [0.25, 0.3) is 0 Å². The standard InChI is InChI=1S/C16H16N2O4/c1-21-14-6-11-10(9-4-3-5-17-16(9)22-2)7-15(20)18-12(11)8-13(14)19/h3-6,8,10,19H,7H2,1-2H3,(H,18,20)/t10-/m1/s1. The average Bonchev–Trinajstić information content (AvgIpc) is 2.53. The number of hydrogen-bond acceptors (Lipinski definition) is 5. The molecule has 0 radical (unpaired) electrons. The molecule has 114 valence electrons. The maximum Gasteiger partial charge on any atom is 0.225 e. The van der Waals surface area contributed by atoms with E-state index >= 15 is 0 Å². The van der Waals surface area contributed by atoms with E-state index in [0.29, 0.717) is 17.3 Å². The molecule has 1 aromatic carbocycles. The van der Waals surface area contributed by atoms with Gasteiger partial charge in [-0.1, -0.05) is 6.07 Å². The number of amides is 1. The molecule has 0 saturated carbocycles. The average molecular weight is 300 g/mol. The van der Waals surface area contributed by atoms with Crippen LogP contribution in [0.15, 0.2) is 30.5 Å². The van der Waals surface area contributed by atoms with Crippen LogP contribution in [0.5, 0.6) is 17.4 Å². The Labute approximate surface area is 127 Å². The molecule has 0 fully saturated rings. The Bertz CT molecular complexity index is 730. The summed E-state index contributed by atoms with van der Waals surface area (Å²) in [6, 6.07) is 6.93. The van der Waals surface area contributed by atoms with E-state index in [0.717, 1.165) is 11.1 Å². The Balaban J connectivity index is 2.16. The number of nitrogens with one attached hydrogen (secondary N) is 1. The fourth-order valence-corrected chi connectivity index (χ4v) is 2.76. The van der Waals surface area contributed by atoms with Gasteiger partial charge in [0.05, 0.1) is 14.2 Å². The van der Waals surface area contributed by atoms with Crippen LogP contribution in [0, 0.1) is 0 Å². The first-order valence-electron chi connectivity index (χ1n) is 6.83. The molecule has 1 aliphatic rings. The summed E-state index contributed by atoms with van der Waals surface area (Å²) in [6.07, 6.45) is 1.92.